The summed E-state index contributed by atoms with van der Waals surface area (Å²) in [4.78, 5) is 0.383. The van der Waals surface area contributed by atoms with E-state index in [2.05, 4.69) is 11.9 Å². The fourth-order valence-electron chi connectivity index (χ4n) is 2.06. The van der Waals surface area contributed by atoms with Crippen molar-refractivity contribution < 1.29 is 8.42 Å². The van der Waals surface area contributed by atoms with E-state index in [1.54, 1.807) is 18.2 Å². The summed E-state index contributed by atoms with van der Waals surface area (Å²) in [6.45, 7) is 11.1. The third-order valence-electron chi connectivity index (χ3n) is 3.10. The fourth-order valence-corrected chi connectivity index (χ4v) is 3.78. The predicted molar refractivity (Wildman–Crippen MR) is 87.7 cm³/mol. The summed E-state index contributed by atoms with van der Waals surface area (Å²) in [6, 6.07) is 7.48. The van der Waals surface area contributed by atoms with Gasteiger partial charge >= 0.3 is 0 Å². The molecule has 0 fully saturated rings. The van der Waals surface area contributed by atoms with E-state index in [-0.39, 0.29) is 0 Å². The lowest BCUT2D eigenvalue weighted by atomic mass is 10.2. The molecule has 0 spiro atoms. The molecule has 1 aromatic carbocycles. The van der Waals surface area contributed by atoms with E-state index < -0.39 is 10.0 Å². The normalized spacial score (nSPS) is 12.0. The molecule has 0 aliphatic carbocycles. The Labute approximate surface area is 128 Å². The van der Waals surface area contributed by atoms with Gasteiger partial charge in [-0.3, -0.25) is 0 Å². The Balaban J connectivity index is 3.14. The first-order chi connectivity index (χ1) is 9.93. The van der Waals surface area contributed by atoms with Crippen LogP contribution in [-0.2, 0) is 16.6 Å². The van der Waals surface area contributed by atoms with Gasteiger partial charge in [0.25, 0.3) is 0 Å². The van der Waals surface area contributed by atoms with Crippen LogP contribution in [-0.4, -0.2) is 31.9 Å². The first-order valence-corrected chi connectivity index (χ1v) is 8.79. The maximum absolute atomic E-state index is 12.8. The molecule has 0 radical (unpaired) electrons. The Kier molecular flexibility index (Phi) is 7.08. The van der Waals surface area contributed by atoms with Gasteiger partial charge in [0.05, 0.1) is 4.90 Å². The maximum atomic E-state index is 12.8. The van der Waals surface area contributed by atoms with Crippen molar-refractivity contribution in [3.63, 3.8) is 0 Å². The van der Waals surface area contributed by atoms with Crippen LogP contribution in [0.5, 0.6) is 0 Å². The van der Waals surface area contributed by atoms with E-state index in [1.807, 2.05) is 32.9 Å². The van der Waals surface area contributed by atoms with Gasteiger partial charge in [0.1, 0.15) is 0 Å². The Morgan fingerprint density at radius 1 is 1.33 bits per heavy atom. The summed E-state index contributed by atoms with van der Waals surface area (Å²) >= 11 is 0. The Morgan fingerprint density at radius 2 is 2.00 bits per heavy atom. The summed E-state index contributed by atoms with van der Waals surface area (Å²) in [5.41, 5.74) is 0.802. The number of hydrogen-bond acceptors (Lipinski definition) is 3. The van der Waals surface area contributed by atoms with Crippen molar-refractivity contribution in [3.8, 4) is 0 Å². The zero-order chi connectivity index (χ0) is 15.9. The molecular weight excluding hydrogens is 284 g/mol. The minimum absolute atomic E-state index is 0.306. The minimum atomic E-state index is -3.48. The monoisotopic (exact) mass is 310 g/mol. The molecule has 0 bridgehead atoms. The topological polar surface area (TPSA) is 49.4 Å². The van der Waals surface area contributed by atoms with E-state index in [0.717, 1.165) is 12.0 Å². The van der Waals surface area contributed by atoms with Crippen LogP contribution in [0.25, 0.3) is 0 Å². The van der Waals surface area contributed by atoms with Gasteiger partial charge in [-0.25, -0.2) is 8.42 Å². The summed E-state index contributed by atoms with van der Waals surface area (Å²) in [7, 11) is -3.48. The Hall–Kier alpha value is -1.17. The van der Waals surface area contributed by atoms with Crippen LogP contribution in [0.1, 0.15) is 32.8 Å². The largest absolute Gasteiger partial charge is 0.310 e. The van der Waals surface area contributed by atoms with Gasteiger partial charge in [-0.05, 0) is 18.1 Å². The molecule has 0 aromatic heterocycles. The number of hydrogen-bond donors (Lipinski definition) is 1. The van der Waals surface area contributed by atoms with E-state index in [1.165, 1.54) is 4.31 Å². The fraction of sp³-hybridized carbons (Fsp3) is 0.500. The molecule has 1 rings (SSSR count). The minimum Gasteiger partial charge on any atom is -0.310 e. The third-order valence-corrected chi connectivity index (χ3v) is 5.06. The van der Waals surface area contributed by atoms with Crippen molar-refractivity contribution >= 4 is 10.0 Å². The van der Waals surface area contributed by atoms with Crippen molar-refractivity contribution in [1.29, 1.82) is 0 Å². The molecule has 1 N–H and O–H groups in total. The average Bonchev–Trinajstić information content (AvgIpc) is 2.45. The number of sulfonamides is 1. The molecule has 0 unspecified atom stereocenters. The number of benzene rings is 1. The van der Waals surface area contributed by atoms with E-state index >= 15 is 0 Å². The molecule has 118 valence electrons. The van der Waals surface area contributed by atoms with Crippen LogP contribution in [0, 0.1) is 0 Å². The average molecular weight is 310 g/mol. The third kappa shape index (κ3) is 4.95. The van der Waals surface area contributed by atoms with Gasteiger partial charge in [-0.15, -0.1) is 6.58 Å². The van der Waals surface area contributed by atoms with Crippen LogP contribution >= 0.6 is 0 Å². The van der Waals surface area contributed by atoms with Crippen LogP contribution in [0.2, 0.25) is 0 Å². The molecule has 0 aliphatic rings. The predicted octanol–water partition coefficient (Wildman–Crippen LogP) is 2.77. The highest BCUT2D eigenvalue weighted by Crippen LogP contribution is 2.20. The first kappa shape index (κ1) is 17.9. The summed E-state index contributed by atoms with van der Waals surface area (Å²) in [6.07, 6.45) is 2.40. The lowest BCUT2D eigenvalue weighted by molar-refractivity contribution is 0.440. The second-order valence-electron chi connectivity index (χ2n) is 5.30. The highest BCUT2D eigenvalue weighted by atomic mass is 32.2. The van der Waals surface area contributed by atoms with E-state index in [4.69, 9.17) is 0 Å². The van der Waals surface area contributed by atoms with Crippen LogP contribution in [0.3, 0.4) is 0 Å². The maximum Gasteiger partial charge on any atom is 0.243 e. The zero-order valence-corrected chi connectivity index (χ0v) is 14.0. The standard InChI is InChI=1S/C16H26N2O2S/c1-5-11-18(12-6-2)21(19,20)16-10-8-7-9-15(16)13-17-14(3)4/h5,7-10,14,17H,1,6,11-13H2,2-4H3. The smallest absolute Gasteiger partial charge is 0.243 e. The molecule has 0 saturated heterocycles. The van der Waals surface area contributed by atoms with E-state index in [9.17, 15) is 8.42 Å². The lowest BCUT2D eigenvalue weighted by Crippen LogP contribution is -2.33. The second-order valence-corrected chi connectivity index (χ2v) is 7.20. The molecule has 0 amide bonds. The van der Waals surface area contributed by atoms with Gasteiger partial charge in [0.15, 0.2) is 0 Å². The van der Waals surface area contributed by atoms with Gasteiger partial charge in [0.2, 0.25) is 10.0 Å². The van der Waals surface area contributed by atoms with Gasteiger partial charge in [-0.1, -0.05) is 45.0 Å². The summed E-state index contributed by atoms with van der Waals surface area (Å²) in [5, 5.41) is 3.27. The van der Waals surface area contributed by atoms with Gasteiger partial charge in [0, 0.05) is 25.7 Å². The van der Waals surface area contributed by atoms with Gasteiger partial charge < -0.3 is 5.32 Å². The molecular formula is C16H26N2O2S. The quantitative estimate of drug-likeness (QED) is 0.714. The SMILES string of the molecule is C=CCN(CCC)S(=O)(=O)c1ccccc1CNC(C)C. The molecule has 5 heteroatoms. The molecule has 0 heterocycles. The lowest BCUT2D eigenvalue weighted by Gasteiger charge is -2.22. The van der Waals surface area contributed by atoms with Crippen molar-refractivity contribution in [3.05, 3.63) is 42.5 Å². The van der Waals surface area contributed by atoms with Crippen LogP contribution in [0.4, 0.5) is 0 Å². The number of nitrogens with zero attached hydrogens (tertiary/aromatic N) is 1. The summed E-state index contributed by atoms with van der Waals surface area (Å²) < 4.78 is 27.1. The number of rotatable bonds is 9. The molecule has 0 saturated carbocycles. The van der Waals surface area contributed by atoms with Crippen LogP contribution in [0.15, 0.2) is 41.8 Å². The highest BCUT2D eigenvalue weighted by Gasteiger charge is 2.25. The van der Waals surface area contributed by atoms with Crippen molar-refractivity contribution in [1.82, 2.24) is 9.62 Å². The molecule has 21 heavy (non-hydrogen) atoms. The van der Waals surface area contributed by atoms with Crippen molar-refractivity contribution in [2.45, 2.75) is 44.7 Å². The molecule has 0 aliphatic heterocycles. The zero-order valence-electron chi connectivity index (χ0n) is 13.2. The van der Waals surface area contributed by atoms with Gasteiger partial charge in [-0.2, -0.15) is 4.31 Å². The first-order valence-electron chi connectivity index (χ1n) is 7.35. The second kappa shape index (κ2) is 8.32. The van der Waals surface area contributed by atoms with E-state index in [0.29, 0.717) is 30.6 Å². The Morgan fingerprint density at radius 3 is 2.57 bits per heavy atom. The molecule has 1 aromatic rings. The highest BCUT2D eigenvalue weighted by molar-refractivity contribution is 7.89. The van der Waals surface area contributed by atoms with Crippen molar-refractivity contribution in [2.75, 3.05) is 13.1 Å². The molecule has 0 atom stereocenters. The molecule has 4 nitrogen and oxygen atoms in total. The Bertz CT molecular complexity index is 553. The summed E-state index contributed by atoms with van der Waals surface area (Å²) in [5.74, 6) is 0. The van der Waals surface area contributed by atoms with Crippen molar-refractivity contribution in [2.24, 2.45) is 0 Å². The number of nitrogens with one attached hydrogen (secondary N) is 1. The van der Waals surface area contributed by atoms with Crippen LogP contribution < -0.4 is 5.32 Å².